The number of aryl methyl sites for hydroxylation is 2. The maximum atomic E-state index is 12.5. The molecular formula is C19H20N2O2. The van der Waals surface area contributed by atoms with Crippen LogP contribution in [0.25, 0.3) is 0 Å². The highest BCUT2D eigenvalue weighted by atomic mass is 16.2. The molecule has 0 aromatic heterocycles. The minimum atomic E-state index is -0.318. The second-order valence-corrected chi connectivity index (χ2v) is 6.00. The highest BCUT2D eigenvalue weighted by molar-refractivity contribution is 6.04. The van der Waals surface area contributed by atoms with E-state index in [1.807, 2.05) is 62.4 Å². The monoisotopic (exact) mass is 308 g/mol. The van der Waals surface area contributed by atoms with Crippen molar-refractivity contribution < 1.29 is 9.59 Å². The van der Waals surface area contributed by atoms with Gasteiger partial charge in [-0.1, -0.05) is 36.4 Å². The Morgan fingerprint density at radius 1 is 1.04 bits per heavy atom. The van der Waals surface area contributed by atoms with Gasteiger partial charge in [0.1, 0.15) is 0 Å². The zero-order valence-electron chi connectivity index (χ0n) is 13.4. The third-order valence-electron chi connectivity index (χ3n) is 4.31. The topological polar surface area (TPSA) is 49.4 Å². The summed E-state index contributed by atoms with van der Waals surface area (Å²) in [5, 5.41) is 2.94. The number of carbonyl (C=O) groups excluding carboxylic acids is 2. The summed E-state index contributed by atoms with van der Waals surface area (Å²) >= 11 is 0. The first-order valence-electron chi connectivity index (χ1n) is 7.79. The summed E-state index contributed by atoms with van der Waals surface area (Å²) in [6.07, 6.45) is 0.256. The van der Waals surface area contributed by atoms with Crippen molar-refractivity contribution in [2.24, 2.45) is 5.92 Å². The Kier molecular flexibility index (Phi) is 4.15. The maximum Gasteiger partial charge on any atom is 0.229 e. The number of anilines is 2. The van der Waals surface area contributed by atoms with Crippen molar-refractivity contribution in [3.63, 3.8) is 0 Å². The van der Waals surface area contributed by atoms with Crippen LogP contribution in [-0.2, 0) is 9.59 Å². The fourth-order valence-corrected chi connectivity index (χ4v) is 2.93. The molecule has 1 N–H and O–H groups in total. The van der Waals surface area contributed by atoms with E-state index < -0.39 is 0 Å². The average Bonchev–Trinajstić information content (AvgIpc) is 2.92. The molecule has 1 aliphatic rings. The summed E-state index contributed by atoms with van der Waals surface area (Å²) in [6, 6.07) is 15.4. The number of benzene rings is 2. The van der Waals surface area contributed by atoms with Crippen molar-refractivity contribution in [2.45, 2.75) is 20.3 Å². The Bertz CT molecular complexity index is 755. The van der Waals surface area contributed by atoms with Crippen LogP contribution >= 0.6 is 0 Å². The fourth-order valence-electron chi connectivity index (χ4n) is 2.93. The van der Waals surface area contributed by atoms with Crippen LogP contribution in [0.2, 0.25) is 0 Å². The van der Waals surface area contributed by atoms with Crippen LogP contribution in [-0.4, -0.2) is 18.4 Å². The molecule has 1 heterocycles. The van der Waals surface area contributed by atoms with Crippen LogP contribution in [0.4, 0.5) is 11.4 Å². The number of hydrogen-bond acceptors (Lipinski definition) is 2. The summed E-state index contributed by atoms with van der Waals surface area (Å²) < 4.78 is 0. The van der Waals surface area contributed by atoms with E-state index in [2.05, 4.69) is 5.32 Å². The molecule has 1 fully saturated rings. The van der Waals surface area contributed by atoms with Gasteiger partial charge in [-0.25, -0.2) is 0 Å². The molecule has 118 valence electrons. The van der Waals surface area contributed by atoms with Crippen LogP contribution in [0.5, 0.6) is 0 Å². The van der Waals surface area contributed by atoms with Gasteiger partial charge in [0.2, 0.25) is 11.8 Å². The Morgan fingerprint density at radius 2 is 1.70 bits per heavy atom. The molecule has 1 saturated heterocycles. The number of hydrogen-bond donors (Lipinski definition) is 1. The van der Waals surface area contributed by atoms with Crippen molar-refractivity contribution in [3.05, 3.63) is 59.7 Å². The second kappa shape index (κ2) is 6.24. The largest absolute Gasteiger partial charge is 0.326 e. The summed E-state index contributed by atoms with van der Waals surface area (Å²) in [7, 11) is 0. The number of amides is 2. The lowest BCUT2D eigenvalue weighted by Crippen LogP contribution is -2.28. The Morgan fingerprint density at radius 3 is 2.39 bits per heavy atom. The van der Waals surface area contributed by atoms with E-state index in [4.69, 9.17) is 0 Å². The minimum absolute atomic E-state index is 0.00392. The van der Waals surface area contributed by atoms with E-state index in [-0.39, 0.29) is 24.2 Å². The van der Waals surface area contributed by atoms with Gasteiger partial charge in [-0.3, -0.25) is 9.59 Å². The molecule has 2 aromatic carbocycles. The van der Waals surface area contributed by atoms with Crippen molar-refractivity contribution >= 4 is 23.2 Å². The van der Waals surface area contributed by atoms with Crippen LogP contribution < -0.4 is 10.2 Å². The number of para-hydroxylation sites is 2. The second-order valence-electron chi connectivity index (χ2n) is 6.00. The molecular weight excluding hydrogens is 288 g/mol. The van der Waals surface area contributed by atoms with Gasteiger partial charge < -0.3 is 10.2 Å². The SMILES string of the molecule is Cc1ccccc1NC(=O)C1CC(=O)N(c2ccccc2C)C1. The van der Waals surface area contributed by atoms with Crippen LogP contribution in [0.15, 0.2) is 48.5 Å². The van der Waals surface area contributed by atoms with Crippen molar-refractivity contribution in [3.8, 4) is 0 Å². The van der Waals surface area contributed by atoms with E-state index in [1.54, 1.807) is 4.90 Å². The molecule has 4 nitrogen and oxygen atoms in total. The summed E-state index contributed by atoms with van der Waals surface area (Å²) in [5.74, 6) is -0.408. The normalized spacial score (nSPS) is 17.4. The van der Waals surface area contributed by atoms with Crippen molar-refractivity contribution in [1.82, 2.24) is 0 Å². The van der Waals surface area contributed by atoms with Gasteiger partial charge in [-0.15, -0.1) is 0 Å². The van der Waals surface area contributed by atoms with Gasteiger partial charge in [-0.2, -0.15) is 0 Å². The molecule has 1 aliphatic heterocycles. The van der Waals surface area contributed by atoms with Gasteiger partial charge in [0, 0.05) is 24.3 Å². The van der Waals surface area contributed by atoms with E-state index >= 15 is 0 Å². The number of carbonyl (C=O) groups is 2. The molecule has 0 radical (unpaired) electrons. The average molecular weight is 308 g/mol. The molecule has 4 heteroatoms. The Balaban J connectivity index is 1.74. The third kappa shape index (κ3) is 3.11. The van der Waals surface area contributed by atoms with Gasteiger partial charge in [0.25, 0.3) is 0 Å². The fraction of sp³-hybridized carbons (Fsp3) is 0.263. The number of rotatable bonds is 3. The predicted molar refractivity (Wildman–Crippen MR) is 91.4 cm³/mol. The quantitative estimate of drug-likeness (QED) is 0.946. The lowest BCUT2D eigenvalue weighted by molar-refractivity contribution is -0.122. The predicted octanol–water partition coefficient (Wildman–Crippen LogP) is 3.30. The maximum absolute atomic E-state index is 12.5. The first-order chi connectivity index (χ1) is 11.1. The zero-order valence-corrected chi connectivity index (χ0v) is 13.4. The van der Waals surface area contributed by atoms with Gasteiger partial charge in [0.05, 0.1) is 5.92 Å². The lowest BCUT2D eigenvalue weighted by atomic mass is 10.1. The summed E-state index contributed by atoms with van der Waals surface area (Å²) in [6.45, 7) is 4.36. The van der Waals surface area contributed by atoms with Crippen LogP contribution in [0.3, 0.4) is 0 Å². The highest BCUT2D eigenvalue weighted by Crippen LogP contribution is 2.28. The molecule has 0 saturated carbocycles. The van der Waals surface area contributed by atoms with Gasteiger partial charge in [-0.05, 0) is 37.1 Å². The number of nitrogens with one attached hydrogen (secondary N) is 1. The molecule has 0 spiro atoms. The molecule has 1 atom stereocenters. The molecule has 2 amide bonds. The van der Waals surface area contributed by atoms with Crippen LogP contribution in [0.1, 0.15) is 17.5 Å². The van der Waals surface area contributed by atoms with Crippen LogP contribution in [0, 0.1) is 19.8 Å². The standard InChI is InChI=1S/C19H20N2O2/c1-13-7-3-5-9-16(13)20-19(23)15-11-18(22)21(12-15)17-10-6-4-8-14(17)2/h3-10,15H,11-12H2,1-2H3,(H,20,23). The number of nitrogens with zero attached hydrogens (tertiary/aromatic N) is 1. The van der Waals surface area contributed by atoms with Gasteiger partial charge in [0.15, 0.2) is 0 Å². The summed E-state index contributed by atoms with van der Waals surface area (Å²) in [5.41, 5.74) is 3.75. The van der Waals surface area contributed by atoms with Crippen molar-refractivity contribution in [1.29, 1.82) is 0 Å². The Labute approximate surface area is 136 Å². The van der Waals surface area contributed by atoms with E-state index in [1.165, 1.54) is 0 Å². The minimum Gasteiger partial charge on any atom is -0.326 e. The molecule has 2 aromatic rings. The van der Waals surface area contributed by atoms with Crippen molar-refractivity contribution in [2.75, 3.05) is 16.8 Å². The molecule has 1 unspecified atom stereocenters. The Hall–Kier alpha value is -2.62. The molecule has 0 bridgehead atoms. The van der Waals surface area contributed by atoms with Gasteiger partial charge >= 0.3 is 0 Å². The lowest BCUT2D eigenvalue weighted by Gasteiger charge is -2.19. The highest BCUT2D eigenvalue weighted by Gasteiger charge is 2.35. The first kappa shape index (κ1) is 15.3. The first-order valence-corrected chi connectivity index (χ1v) is 7.79. The molecule has 0 aliphatic carbocycles. The zero-order chi connectivity index (χ0) is 16.4. The molecule has 3 rings (SSSR count). The van der Waals surface area contributed by atoms with E-state index in [0.29, 0.717) is 6.54 Å². The van der Waals surface area contributed by atoms with E-state index in [0.717, 1.165) is 22.5 Å². The summed E-state index contributed by atoms with van der Waals surface area (Å²) in [4.78, 5) is 26.5. The third-order valence-corrected chi connectivity index (χ3v) is 4.31. The smallest absolute Gasteiger partial charge is 0.229 e. The van der Waals surface area contributed by atoms with E-state index in [9.17, 15) is 9.59 Å². The molecule has 23 heavy (non-hydrogen) atoms.